The number of hydrogen-bond donors (Lipinski definition) is 1. The SMILES string of the molecule is CCc1nc(Cl)c(C)c(Nc2ccccc2F)n1. The average Bonchev–Trinajstić information content (AvgIpc) is 2.37. The van der Waals surface area contributed by atoms with E-state index in [2.05, 4.69) is 15.3 Å². The number of anilines is 2. The van der Waals surface area contributed by atoms with E-state index in [-0.39, 0.29) is 5.82 Å². The Morgan fingerprint density at radius 1 is 1.28 bits per heavy atom. The van der Waals surface area contributed by atoms with E-state index < -0.39 is 0 Å². The third-order valence-corrected chi connectivity index (χ3v) is 2.94. The molecule has 0 aliphatic rings. The predicted molar refractivity (Wildman–Crippen MR) is 70.8 cm³/mol. The molecule has 0 amide bonds. The first-order valence-corrected chi connectivity index (χ1v) is 6.04. The molecule has 0 aliphatic heterocycles. The van der Waals surface area contributed by atoms with Crippen LogP contribution in [0.4, 0.5) is 15.9 Å². The molecule has 0 fully saturated rings. The lowest BCUT2D eigenvalue weighted by Gasteiger charge is -2.11. The second-order valence-corrected chi connectivity index (χ2v) is 4.22. The highest BCUT2D eigenvalue weighted by Crippen LogP contribution is 2.24. The van der Waals surface area contributed by atoms with E-state index in [0.29, 0.717) is 34.5 Å². The van der Waals surface area contributed by atoms with Gasteiger partial charge in [0.1, 0.15) is 22.6 Å². The number of para-hydroxylation sites is 1. The first kappa shape index (κ1) is 12.8. The zero-order valence-corrected chi connectivity index (χ0v) is 10.9. The summed E-state index contributed by atoms with van der Waals surface area (Å²) >= 11 is 6.02. The summed E-state index contributed by atoms with van der Waals surface area (Å²) in [5, 5.41) is 3.33. The van der Waals surface area contributed by atoms with E-state index in [1.807, 2.05) is 6.92 Å². The fraction of sp³-hybridized carbons (Fsp3) is 0.231. The molecule has 0 atom stereocenters. The van der Waals surface area contributed by atoms with Gasteiger partial charge in [-0.3, -0.25) is 0 Å². The third kappa shape index (κ3) is 2.59. The summed E-state index contributed by atoms with van der Waals surface area (Å²) in [5.74, 6) is 0.839. The van der Waals surface area contributed by atoms with E-state index in [4.69, 9.17) is 11.6 Å². The lowest BCUT2D eigenvalue weighted by molar-refractivity contribution is 0.631. The summed E-state index contributed by atoms with van der Waals surface area (Å²) < 4.78 is 13.6. The maximum absolute atomic E-state index is 13.6. The smallest absolute Gasteiger partial charge is 0.146 e. The zero-order valence-electron chi connectivity index (χ0n) is 10.2. The summed E-state index contributed by atoms with van der Waals surface area (Å²) in [4.78, 5) is 8.45. The minimum atomic E-state index is -0.329. The van der Waals surface area contributed by atoms with Gasteiger partial charge in [0.15, 0.2) is 0 Å². The topological polar surface area (TPSA) is 37.8 Å². The number of benzene rings is 1. The molecule has 1 N–H and O–H groups in total. The van der Waals surface area contributed by atoms with Crippen LogP contribution in [0.5, 0.6) is 0 Å². The van der Waals surface area contributed by atoms with Crippen molar-refractivity contribution in [1.82, 2.24) is 9.97 Å². The molecular weight excluding hydrogens is 253 g/mol. The van der Waals surface area contributed by atoms with Gasteiger partial charge in [0, 0.05) is 12.0 Å². The fourth-order valence-corrected chi connectivity index (χ4v) is 1.69. The van der Waals surface area contributed by atoms with Crippen LogP contribution in [-0.2, 0) is 6.42 Å². The molecule has 18 heavy (non-hydrogen) atoms. The van der Waals surface area contributed by atoms with E-state index >= 15 is 0 Å². The monoisotopic (exact) mass is 265 g/mol. The number of nitrogens with one attached hydrogen (secondary N) is 1. The Labute approximate surface area is 110 Å². The predicted octanol–water partition coefficient (Wildman–Crippen LogP) is 3.88. The first-order chi connectivity index (χ1) is 8.61. The van der Waals surface area contributed by atoms with Crippen LogP contribution in [0, 0.1) is 12.7 Å². The van der Waals surface area contributed by atoms with Crippen LogP contribution >= 0.6 is 11.6 Å². The van der Waals surface area contributed by atoms with Crippen molar-refractivity contribution < 1.29 is 4.39 Å². The van der Waals surface area contributed by atoms with Gasteiger partial charge in [0.25, 0.3) is 0 Å². The van der Waals surface area contributed by atoms with Crippen LogP contribution in [0.1, 0.15) is 18.3 Å². The quantitative estimate of drug-likeness (QED) is 0.856. The number of aromatic nitrogens is 2. The molecular formula is C13H13ClFN3. The average molecular weight is 266 g/mol. The van der Waals surface area contributed by atoms with Crippen molar-refractivity contribution in [2.45, 2.75) is 20.3 Å². The zero-order chi connectivity index (χ0) is 13.1. The molecule has 0 radical (unpaired) electrons. The van der Waals surface area contributed by atoms with Crippen LogP contribution in [-0.4, -0.2) is 9.97 Å². The lowest BCUT2D eigenvalue weighted by Crippen LogP contribution is -2.04. The van der Waals surface area contributed by atoms with Crippen molar-refractivity contribution >= 4 is 23.1 Å². The Morgan fingerprint density at radius 2 is 2.00 bits per heavy atom. The van der Waals surface area contributed by atoms with Gasteiger partial charge in [0.05, 0.1) is 5.69 Å². The summed E-state index contributed by atoms with van der Waals surface area (Å²) in [5.41, 5.74) is 1.08. The highest BCUT2D eigenvalue weighted by atomic mass is 35.5. The minimum Gasteiger partial charge on any atom is -0.337 e. The first-order valence-electron chi connectivity index (χ1n) is 5.66. The molecule has 1 aromatic heterocycles. The number of nitrogens with zero attached hydrogens (tertiary/aromatic N) is 2. The molecule has 1 heterocycles. The number of aryl methyl sites for hydroxylation is 1. The summed E-state index contributed by atoms with van der Waals surface area (Å²) in [6.45, 7) is 3.73. The van der Waals surface area contributed by atoms with Crippen molar-refractivity contribution in [3.8, 4) is 0 Å². The number of rotatable bonds is 3. The molecule has 0 saturated carbocycles. The number of hydrogen-bond acceptors (Lipinski definition) is 3. The molecule has 1 aromatic carbocycles. The van der Waals surface area contributed by atoms with Crippen molar-refractivity contribution in [2.24, 2.45) is 0 Å². The van der Waals surface area contributed by atoms with Crippen molar-refractivity contribution in [3.63, 3.8) is 0 Å². The summed E-state index contributed by atoms with van der Waals surface area (Å²) in [6.07, 6.45) is 0.673. The Hall–Kier alpha value is -1.68. The van der Waals surface area contributed by atoms with Crippen molar-refractivity contribution in [3.05, 3.63) is 46.6 Å². The van der Waals surface area contributed by atoms with Crippen LogP contribution in [0.3, 0.4) is 0 Å². The minimum absolute atomic E-state index is 0.329. The molecule has 0 aliphatic carbocycles. The molecule has 5 heteroatoms. The highest BCUT2D eigenvalue weighted by molar-refractivity contribution is 6.30. The normalized spacial score (nSPS) is 10.4. The van der Waals surface area contributed by atoms with Crippen molar-refractivity contribution in [1.29, 1.82) is 0 Å². The summed E-state index contributed by atoms with van der Waals surface area (Å²) in [6, 6.07) is 6.43. The lowest BCUT2D eigenvalue weighted by atomic mass is 10.2. The van der Waals surface area contributed by atoms with E-state index in [0.717, 1.165) is 0 Å². The van der Waals surface area contributed by atoms with Gasteiger partial charge < -0.3 is 5.32 Å². The van der Waals surface area contributed by atoms with Gasteiger partial charge in [-0.2, -0.15) is 0 Å². The Balaban J connectivity index is 2.40. The maximum atomic E-state index is 13.6. The van der Waals surface area contributed by atoms with Gasteiger partial charge in [-0.1, -0.05) is 30.7 Å². The van der Waals surface area contributed by atoms with Crippen LogP contribution in [0.2, 0.25) is 5.15 Å². The second kappa shape index (κ2) is 5.31. The van der Waals surface area contributed by atoms with Crippen molar-refractivity contribution in [2.75, 3.05) is 5.32 Å². The molecule has 2 rings (SSSR count). The van der Waals surface area contributed by atoms with Crippen LogP contribution < -0.4 is 5.32 Å². The molecule has 0 bridgehead atoms. The molecule has 0 spiro atoms. The second-order valence-electron chi connectivity index (χ2n) is 3.86. The third-order valence-electron chi connectivity index (χ3n) is 2.58. The van der Waals surface area contributed by atoms with Gasteiger partial charge in [-0.05, 0) is 19.1 Å². The largest absolute Gasteiger partial charge is 0.337 e. The van der Waals surface area contributed by atoms with Gasteiger partial charge >= 0.3 is 0 Å². The Morgan fingerprint density at radius 3 is 2.67 bits per heavy atom. The molecule has 94 valence electrons. The van der Waals surface area contributed by atoms with Crippen LogP contribution in [0.25, 0.3) is 0 Å². The maximum Gasteiger partial charge on any atom is 0.146 e. The van der Waals surface area contributed by atoms with Gasteiger partial charge in [0.2, 0.25) is 0 Å². The van der Waals surface area contributed by atoms with Crippen LogP contribution in [0.15, 0.2) is 24.3 Å². The fourth-order valence-electron chi connectivity index (χ4n) is 1.50. The van der Waals surface area contributed by atoms with E-state index in [9.17, 15) is 4.39 Å². The standard InChI is InChI=1S/C13H13ClFN3/c1-3-11-17-12(14)8(2)13(18-11)16-10-7-5-4-6-9(10)15/h4-7H,3H2,1-2H3,(H,16,17,18). The molecule has 2 aromatic rings. The summed E-state index contributed by atoms with van der Waals surface area (Å²) in [7, 11) is 0. The number of halogens is 2. The Kier molecular flexibility index (Phi) is 3.77. The highest BCUT2D eigenvalue weighted by Gasteiger charge is 2.10. The molecule has 0 unspecified atom stereocenters. The van der Waals surface area contributed by atoms with E-state index in [1.54, 1.807) is 25.1 Å². The van der Waals surface area contributed by atoms with Gasteiger partial charge in [-0.25, -0.2) is 14.4 Å². The molecule has 0 saturated heterocycles. The molecule has 3 nitrogen and oxygen atoms in total. The van der Waals surface area contributed by atoms with Gasteiger partial charge in [-0.15, -0.1) is 0 Å². The van der Waals surface area contributed by atoms with E-state index in [1.165, 1.54) is 6.07 Å². The Bertz CT molecular complexity index is 572.